The van der Waals surface area contributed by atoms with E-state index in [1.54, 1.807) is 19.2 Å². The maximum Gasteiger partial charge on any atom is 0.276 e. The van der Waals surface area contributed by atoms with Crippen molar-refractivity contribution in [3.8, 4) is 0 Å². The molecule has 0 radical (unpaired) electrons. The Labute approximate surface area is 112 Å². The van der Waals surface area contributed by atoms with Crippen molar-refractivity contribution in [3.63, 3.8) is 0 Å². The van der Waals surface area contributed by atoms with Crippen molar-refractivity contribution < 1.29 is 4.79 Å². The number of nitrogens with one attached hydrogen (secondary N) is 2. The van der Waals surface area contributed by atoms with Gasteiger partial charge in [0.2, 0.25) is 0 Å². The highest BCUT2D eigenvalue weighted by atomic mass is 16.1. The molecule has 0 unspecified atom stereocenters. The topological polar surface area (TPSA) is 66.9 Å². The molecule has 5 heteroatoms. The van der Waals surface area contributed by atoms with Gasteiger partial charge in [-0.2, -0.15) is 0 Å². The lowest BCUT2D eigenvalue weighted by Crippen LogP contribution is -2.16. The van der Waals surface area contributed by atoms with Crippen LogP contribution in [0.15, 0.2) is 30.3 Å². The predicted octanol–water partition coefficient (Wildman–Crippen LogP) is 2.39. The van der Waals surface area contributed by atoms with E-state index in [-0.39, 0.29) is 5.91 Å². The Balaban J connectivity index is 2.20. The molecule has 2 rings (SSSR count). The molecule has 1 aromatic heterocycles. The first-order valence-electron chi connectivity index (χ1n) is 6.01. The van der Waals surface area contributed by atoms with E-state index in [2.05, 4.69) is 20.8 Å². The summed E-state index contributed by atoms with van der Waals surface area (Å²) in [5.41, 5.74) is 3.16. The van der Waals surface area contributed by atoms with Crippen molar-refractivity contribution in [3.05, 3.63) is 47.2 Å². The number of nitrogens with zero attached hydrogens (tertiary/aromatic N) is 2. The minimum absolute atomic E-state index is 0.257. The van der Waals surface area contributed by atoms with E-state index in [0.29, 0.717) is 11.5 Å². The van der Waals surface area contributed by atoms with E-state index in [1.165, 1.54) is 0 Å². The number of aryl methyl sites for hydroxylation is 2. The summed E-state index contributed by atoms with van der Waals surface area (Å²) in [6.07, 6.45) is 0. The van der Waals surface area contributed by atoms with Gasteiger partial charge in [-0.15, -0.1) is 10.2 Å². The molecule has 2 aromatic rings. The minimum Gasteiger partial charge on any atom is -0.372 e. The van der Waals surface area contributed by atoms with Gasteiger partial charge in [0.05, 0.1) is 0 Å². The van der Waals surface area contributed by atoms with E-state index in [0.717, 1.165) is 16.8 Å². The quantitative estimate of drug-likeness (QED) is 0.884. The van der Waals surface area contributed by atoms with E-state index in [4.69, 9.17) is 0 Å². The van der Waals surface area contributed by atoms with Gasteiger partial charge >= 0.3 is 0 Å². The SMILES string of the molecule is CNc1ccc(C(=O)Nc2c(C)cccc2C)nn1. The van der Waals surface area contributed by atoms with Crippen LogP contribution in [0.2, 0.25) is 0 Å². The van der Waals surface area contributed by atoms with Crippen molar-refractivity contribution >= 4 is 17.4 Å². The molecule has 98 valence electrons. The van der Waals surface area contributed by atoms with E-state index in [1.807, 2.05) is 32.0 Å². The average molecular weight is 256 g/mol. The zero-order valence-electron chi connectivity index (χ0n) is 11.2. The zero-order chi connectivity index (χ0) is 13.8. The number of hydrogen-bond donors (Lipinski definition) is 2. The van der Waals surface area contributed by atoms with Crippen LogP contribution < -0.4 is 10.6 Å². The molecule has 0 saturated heterocycles. The smallest absolute Gasteiger partial charge is 0.276 e. The number of aromatic nitrogens is 2. The molecule has 0 aliphatic carbocycles. The maximum absolute atomic E-state index is 12.1. The fourth-order valence-electron chi connectivity index (χ4n) is 1.78. The lowest BCUT2D eigenvalue weighted by Gasteiger charge is -2.10. The molecule has 0 fully saturated rings. The minimum atomic E-state index is -0.257. The number of carbonyl (C=O) groups excluding carboxylic acids is 1. The zero-order valence-corrected chi connectivity index (χ0v) is 11.2. The highest BCUT2D eigenvalue weighted by Crippen LogP contribution is 2.20. The Morgan fingerprint density at radius 1 is 1.05 bits per heavy atom. The van der Waals surface area contributed by atoms with Crippen LogP contribution in [0.4, 0.5) is 11.5 Å². The molecule has 0 saturated carbocycles. The van der Waals surface area contributed by atoms with Crippen LogP contribution in [-0.2, 0) is 0 Å². The molecule has 5 nitrogen and oxygen atoms in total. The van der Waals surface area contributed by atoms with Crippen molar-refractivity contribution in [2.75, 3.05) is 17.7 Å². The van der Waals surface area contributed by atoms with Gasteiger partial charge in [-0.3, -0.25) is 4.79 Å². The summed E-state index contributed by atoms with van der Waals surface area (Å²) in [6, 6.07) is 9.23. The summed E-state index contributed by atoms with van der Waals surface area (Å²) in [5.74, 6) is 0.371. The third kappa shape index (κ3) is 2.88. The normalized spacial score (nSPS) is 10.1. The van der Waals surface area contributed by atoms with E-state index < -0.39 is 0 Å². The van der Waals surface area contributed by atoms with Crippen LogP contribution in [-0.4, -0.2) is 23.2 Å². The van der Waals surface area contributed by atoms with Gasteiger partial charge in [0.25, 0.3) is 5.91 Å². The fraction of sp³-hybridized carbons (Fsp3) is 0.214. The monoisotopic (exact) mass is 256 g/mol. The van der Waals surface area contributed by atoms with Crippen molar-refractivity contribution in [1.82, 2.24) is 10.2 Å². The molecule has 1 amide bonds. The molecule has 0 bridgehead atoms. The van der Waals surface area contributed by atoms with E-state index in [9.17, 15) is 4.79 Å². The summed E-state index contributed by atoms with van der Waals surface area (Å²) in [7, 11) is 1.75. The molecule has 0 aliphatic rings. The van der Waals surface area contributed by atoms with Crippen LogP contribution in [0.5, 0.6) is 0 Å². The predicted molar refractivity (Wildman–Crippen MR) is 75.4 cm³/mol. The first-order valence-corrected chi connectivity index (χ1v) is 6.01. The Morgan fingerprint density at radius 3 is 2.26 bits per heavy atom. The Morgan fingerprint density at radius 2 is 1.74 bits per heavy atom. The number of rotatable bonds is 3. The number of para-hydroxylation sites is 1. The number of hydrogen-bond acceptors (Lipinski definition) is 4. The maximum atomic E-state index is 12.1. The number of anilines is 2. The number of amides is 1. The molecule has 0 aliphatic heterocycles. The standard InChI is InChI=1S/C14H16N4O/c1-9-5-4-6-10(2)13(9)16-14(19)11-7-8-12(15-3)18-17-11/h4-8H,1-3H3,(H,15,18)(H,16,19). The first-order chi connectivity index (χ1) is 9.11. The summed E-state index contributed by atoms with van der Waals surface area (Å²) < 4.78 is 0. The van der Waals surface area contributed by atoms with Crippen LogP contribution in [0, 0.1) is 13.8 Å². The summed E-state index contributed by atoms with van der Waals surface area (Å²) in [4.78, 5) is 12.1. The molecular weight excluding hydrogens is 240 g/mol. The van der Waals surface area contributed by atoms with Crippen molar-refractivity contribution in [2.45, 2.75) is 13.8 Å². The summed E-state index contributed by atoms with van der Waals surface area (Å²) in [5, 5.41) is 13.5. The van der Waals surface area contributed by atoms with Gasteiger partial charge in [0.15, 0.2) is 5.69 Å². The van der Waals surface area contributed by atoms with Crippen LogP contribution in [0.25, 0.3) is 0 Å². The van der Waals surface area contributed by atoms with Crippen LogP contribution in [0.3, 0.4) is 0 Å². The molecule has 0 spiro atoms. The van der Waals surface area contributed by atoms with Gasteiger partial charge in [-0.1, -0.05) is 18.2 Å². The van der Waals surface area contributed by atoms with Gasteiger partial charge in [0.1, 0.15) is 5.82 Å². The molecule has 19 heavy (non-hydrogen) atoms. The van der Waals surface area contributed by atoms with Gasteiger partial charge in [-0.25, -0.2) is 0 Å². The fourth-order valence-corrected chi connectivity index (χ4v) is 1.78. The van der Waals surface area contributed by atoms with Crippen molar-refractivity contribution in [1.29, 1.82) is 0 Å². The summed E-state index contributed by atoms with van der Waals surface area (Å²) in [6.45, 7) is 3.91. The average Bonchev–Trinajstić information content (AvgIpc) is 2.43. The summed E-state index contributed by atoms with van der Waals surface area (Å²) >= 11 is 0. The third-order valence-electron chi connectivity index (χ3n) is 2.87. The molecule has 2 N–H and O–H groups in total. The second-order valence-corrected chi connectivity index (χ2v) is 4.27. The molecular formula is C14H16N4O. The van der Waals surface area contributed by atoms with Crippen molar-refractivity contribution in [2.24, 2.45) is 0 Å². The van der Waals surface area contributed by atoms with Crippen LogP contribution >= 0.6 is 0 Å². The Hall–Kier alpha value is -2.43. The van der Waals surface area contributed by atoms with Gasteiger partial charge < -0.3 is 10.6 Å². The van der Waals surface area contributed by atoms with Gasteiger partial charge in [-0.05, 0) is 37.1 Å². The second-order valence-electron chi connectivity index (χ2n) is 4.27. The lowest BCUT2D eigenvalue weighted by atomic mass is 10.1. The van der Waals surface area contributed by atoms with Gasteiger partial charge in [0, 0.05) is 12.7 Å². The number of benzene rings is 1. The van der Waals surface area contributed by atoms with E-state index >= 15 is 0 Å². The third-order valence-corrected chi connectivity index (χ3v) is 2.87. The Kier molecular flexibility index (Phi) is 3.75. The molecule has 1 heterocycles. The Bertz CT molecular complexity index is 573. The lowest BCUT2D eigenvalue weighted by molar-refractivity contribution is 0.102. The molecule has 0 atom stereocenters. The highest BCUT2D eigenvalue weighted by Gasteiger charge is 2.11. The highest BCUT2D eigenvalue weighted by molar-refractivity contribution is 6.03. The van der Waals surface area contributed by atoms with Crippen LogP contribution in [0.1, 0.15) is 21.6 Å². The largest absolute Gasteiger partial charge is 0.372 e. The first kappa shape index (κ1) is 13.0. The number of carbonyl (C=O) groups is 1. The molecule has 1 aromatic carbocycles. The second kappa shape index (κ2) is 5.48.